The number of aryl methyl sites for hydroxylation is 1. The molecule has 200 valence electrons. The van der Waals surface area contributed by atoms with Crippen LogP contribution in [-0.4, -0.2) is 53.0 Å². The highest BCUT2D eigenvalue weighted by molar-refractivity contribution is 6.05. The second-order valence-corrected chi connectivity index (χ2v) is 10.0. The van der Waals surface area contributed by atoms with Gasteiger partial charge in [-0.05, 0) is 84.8 Å². The second kappa shape index (κ2) is 10.0. The number of esters is 1. The van der Waals surface area contributed by atoms with Gasteiger partial charge in [0.15, 0.2) is 0 Å². The van der Waals surface area contributed by atoms with Gasteiger partial charge in [-0.3, -0.25) is 14.3 Å². The number of ether oxygens (including phenoxy) is 1. The van der Waals surface area contributed by atoms with Crippen molar-refractivity contribution in [2.45, 2.75) is 64.1 Å². The number of amides is 1. The number of aromatic nitrogens is 7. The van der Waals surface area contributed by atoms with Gasteiger partial charge in [-0.15, -0.1) is 5.10 Å². The molecule has 4 aromatic rings. The van der Waals surface area contributed by atoms with Gasteiger partial charge in [0.25, 0.3) is 5.91 Å². The van der Waals surface area contributed by atoms with Crippen molar-refractivity contribution in [3.05, 3.63) is 59.7 Å². The van der Waals surface area contributed by atoms with Crippen molar-refractivity contribution in [1.29, 1.82) is 0 Å². The van der Waals surface area contributed by atoms with Crippen molar-refractivity contribution in [3.8, 4) is 22.6 Å². The lowest BCUT2D eigenvalue weighted by Crippen LogP contribution is -2.25. The van der Waals surface area contributed by atoms with Gasteiger partial charge >= 0.3 is 5.97 Å². The van der Waals surface area contributed by atoms with E-state index in [0.717, 1.165) is 43.2 Å². The highest BCUT2D eigenvalue weighted by atomic mass is 19.1. The highest BCUT2D eigenvalue weighted by Gasteiger charge is 2.34. The van der Waals surface area contributed by atoms with E-state index < -0.39 is 11.7 Å². The van der Waals surface area contributed by atoms with Crippen molar-refractivity contribution in [2.75, 3.05) is 5.32 Å². The molecule has 2 fully saturated rings. The maximum absolute atomic E-state index is 14.9. The van der Waals surface area contributed by atoms with Crippen LogP contribution in [0, 0.1) is 12.7 Å². The first-order chi connectivity index (χ1) is 18.9. The predicted molar refractivity (Wildman–Crippen MR) is 138 cm³/mol. The van der Waals surface area contributed by atoms with Crippen LogP contribution in [0.4, 0.5) is 10.2 Å². The zero-order valence-electron chi connectivity index (χ0n) is 21.5. The van der Waals surface area contributed by atoms with Gasteiger partial charge < -0.3 is 10.1 Å². The van der Waals surface area contributed by atoms with E-state index in [1.165, 1.54) is 13.0 Å². The van der Waals surface area contributed by atoms with E-state index in [4.69, 9.17) is 4.74 Å². The van der Waals surface area contributed by atoms with Gasteiger partial charge in [0.2, 0.25) is 5.82 Å². The molecule has 0 radical (unpaired) electrons. The Morgan fingerprint density at radius 1 is 1.15 bits per heavy atom. The molecule has 0 spiro atoms. The Morgan fingerprint density at radius 2 is 2.00 bits per heavy atom. The number of halogens is 1. The molecule has 0 bridgehead atoms. The van der Waals surface area contributed by atoms with Crippen LogP contribution in [-0.2, 0) is 9.53 Å². The highest BCUT2D eigenvalue weighted by Crippen LogP contribution is 2.36. The molecule has 3 aromatic heterocycles. The summed E-state index contributed by atoms with van der Waals surface area (Å²) in [7, 11) is 0. The largest absolute Gasteiger partial charge is 0.460 e. The van der Waals surface area contributed by atoms with Crippen LogP contribution in [0.25, 0.3) is 22.6 Å². The van der Waals surface area contributed by atoms with Gasteiger partial charge in [-0.1, -0.05) is 6.07 Å². The van der Waals surface area contributed by atoms with Gasteiger partial charge in [0, 0.05) is 18.7 Å². The lowest BCUT2D eigenvalue weighted by Gasteiger charge is -2.20. The molecule has 0 saturated heterocycles. The summed E-state index contributed by atoms with van der Waals surface area (Å²) in [6, 6.07) is 8.14. The SMILES string of the molecule is CC(=O)O[C@H]1CCC[C@@H]1n1nnnc1-c1cccc(NC(=O)c2cc(-c3cnn(C4CC4)c3)c(C)cc2F)n1. The molecule has 11 nitrogen and oxygen atoms in total. The zero-order chi connectivity index (χ0) is 27.1. The molecule has 3 heterocycles. The van der Waals surface area contributed by atoms with Crippen LogP contribution in [0.5, 0.6) is 0 Å². The standard InChI is InChI=1S/C27H27FN8O3/c1-15-11-21(28)20(12-19(15)17-13-29-35(14-17)18-9-10-18)27(38)31-25-8-3-5-22(30-25)26-32-33-34-36(26)23-6-4-7-24(23)39-16(2)37/h3,5,8,11-14,18,23-24H,4,6-7,9-10H2,1-2H3,(H,30,31,38)/t23-,24-/m0/s1. The van der Waals surface area contributed by atoms with Crippen molar-refractivity contribution in [1.82, 2.24) is 35.0 Å². The first kappa shape index (κ1) is 24.8. The Hall–Kier alpha value is -4.48. The number of carbonyl (C=O) groups is 2. The lowest BCUT2D eigenvalue weighted by molar-refractivity contribution is -0.147. The summed E-state index contributed by atoms with van der Waals surface area (Å²) in [5.74, 6) is -1.00. The molecule has 0 unspecified atom stereocenters. The normalized spacial score (nSPS) is 18.7. The van der Waals surface area contributed by atoms with E-state index in [0.29, 0.717) is 23.1 Å². The molecule has 6 rings (SSSR count). The third-order valence-electron chi connectivity index (χ3n) is 7.15. The van der Waals surface area contributed by atoms with E-state index in [9.17, 15) is 14.0 Å². The molecule has 12 heteroatoms. The monoisotopic (exact) mass is 530 g/mol. The van der Waals surface area contributed by atoms with E-state index in [2.05, 4.69) is 30.9 Å². The molecule has 1 N–H and O–H groups in total. The summed E-state index contributed by atoms with van der Waals surface area (Å²) < 4.78 is 23.9. The number of nitrogens with zero attached hydrogens (tertiary/aromatic N) is 7. The molecular weight excluding hydrogens is 503 g/mol. The molecule has 1 aromatic carbocycles. The van der Waals surface area contributed by atoms with Gasteiger partial charge in [0.1, 0.15) is 23.4 Å². The number of hydrogen-bond donors (Lipinski definition) is 1. The Bertz CT molecular complexity index is 1560. The van der Waals surface area contributed by atoms with Gasteiger partial charge in [-0.25, -0.2) is 14.1 Å². The molecular formula is C27H27FN8O3. The van der Waals surface area contributed by atoms with Crippen molar-refractivity contribution in [3.63, 3.8) is 0 Å². The first-order valence-electron chi connectivity index (χ1n) is 13.0. The number of hydrogen-bond acceptors (Lipinski definition) is 8. The van der Waals surface area contributed by atoms with Crippen LogP contribution >= 0.6 is 0 Å². The van der Waals surface area contributed by atoms with Crippen LogP contribution in [0.1, 0.15) is 67.0 Å². The van der Waals surface area contributed by atoms with Crippen molar-refractivity contribution in [2.24, 2.45) is 0 Å². The van der Waals surface area contributed by atoms with E-state index in [-0.39, 0.29) is 29.5 Å². The van der Waals surface area contributed by atoms with Gasteiger partial charge in [0.05, 0.1) is 23.8 Å². The summed E-state index contributed by atoms with van der Waals surface area (Å²) in [6.07, 6.45) is 7.89. The number of tetrazole rings is 1. The van der Waals surface area contributed by atoms with E-state index >= 15 is 0 Å². The predicted octanol–water partition coefficient (Wildman–Crippen LogP) is 4.29. The number of benzene rings is 1. The van der Waals surface area contributed by atoms with E-state index in [1.807, 2.05) is 10.9 Å². The zero-order valence-corrected chi connectivity index (χ0v) is 21.5. The number of carbonyl (C=O) groups excluding carboxylic acids is 2. The lowest BCUT2D eigenvalue weighted by atomic mass is 9.99. The third-order valence-corrected chi connectivity index (χ3v) is 7.15. The van der Waals surface area contributed by atoms with Crippen LogP contribution in [0.15, 0.2) is 42.7 Å². The Kier molecular flexibility index (Phi) is 6.37. The smallest absolute Gasteiger partial charge is 0.302 e. The number of anilines is 1. The fourth-order valence-corrected chi connectivity index (χ4v) is 5.11. The quantitative estimate of drug-likeness (QED) is 0.350. The average Bonchev–Trinajstić information content (AvgIpc) is 3.27. The molecule has 2 aliphatic carbocycles. The van der Waals surface area contributed by atoms with Crippen LogP contribution in [0.2, 0.25) is 0 Å². The maximum Gasteiger partial charge on any atom is 0.302 e. The second-order valence-electron chi connectivity index (χ2n) is 10.0. The van der Waals surface area contributed by atoms with Crippen LogP contribution in [0.3, 0.4) is 0 Å². The number of pyridine rings is 1. The Balaban J connectivity index is 1.24. The molecule has 39 heavy (non-hydrogen) atoms. The summed E-state index contributed by atoms with van der Waals surface area (Å²) in [6.45, 7) is 3.19. The topological polar surface area (TPSA) is 130 Å². The fraction of sp³-hybridized carbons (Fsp3) is 0.370. The number of nitrogens with one attached hydrogen (secondary N) is 1. The fourth-order valence-electron chi connectivity index (χ4n) is 5.11. The number of rotatable bonds is 7. The Labute approximate surface area is 223 Å². The average molecular weight is 531 g/mol. The summed E-state index contributed by atoms with van der Waals surface area (Å²) in [5, 5.41) is 19.2. The molecule has 2 saturated carbocycles. The molecule has 1 amide bonds. The minimum Gasteiger partial charge on any atom is -0.460 e. The molecule has 2 aliphatic rings. The minimum absolute atomic E-state index is 0.0954. The van der Waals surface area contributed by atoms with Crippen molar-refractivity contribution >= 4 is 17.7 Å². The van der Waals surface area contributed by atoms with E-state index in [1.54, 1.807) is 42.1 Å². The molecule has 0 aliphatic heterocycles. The Morgan fingerprint density at radius 3 is 2.79 bits per heavy atom. The van der Waals surface area contributed by atoms with Crippen molar-refractivity contribution < 1.29 is 18.7 Å². The maximum atomic E-state index is 14.9. The summed E-state index contributed by atoms with van der Waals surface area (Å²) >= 11 is 0. The minimum atomic E-state index is -0.627. The molecule has 2 atom stereocenters. The van der Waals surface area contributed by atoms with Gasteiger partial charge in [-0.2, -0.15) is 5.10 Å². The summed E-state index contributed by atoms with van der Waals surface area (Å²) in [5.41, 5.74) is 2.61. The first-order valence-corrected chi connectivity index (χ1v) is 13.0. The van der Waals surface area contributed by atoms with Crippen LogP contribution < -0.4 is 5.32 Å². The summed E-state index contributed by atoms with van der Waals surface area (Å²) in [4.78, 5) is 29.2. The third kappa shape index (κ3) is 5.01.